The van der Waals surface area contributed by atoms with Gasteiger partial charge in [0.15, 0.2) is 0 Å². The van der Waals surface area contributed by atoms with Crippen LogP contribution in [0.15, 0.2) is 29.3 Å². The van der Waals surface area contributed by atoms with Gasteiger partial charge in [0.1, 0.15) is 0 Å². The van der Waals surface area contributed by atoms with Crippen molar-refractivity contribution in [2.75, 3.05) is 0 Å². The van der Waals surface area contributed by atoms with E-state index in [0.717, 1.165) is 25.7 Å². The molecule has 76 valence electrons. The lowest BCUT2D eigenvalue weighted by Gasteiger charge is -1.92. The maximum absolute atomic E-state index is 5.94. The molecule has 0 bridgehead atoms. The summed E-state index contributed by atoms with van der Waals surface area (Å²) in [5.41, 5.74) is 0.949. The van der Waals surface area contributed by atoms with Crippen LogP contribution in [0.1, 0.15) is 11.8 Å². The summed E-state index contributed by atoms with van der Waals surface area (Å²) in [6.07, 6.45) is 4.05. The largest absolute Gasteiger partial charge is 0.262 e. The van der Waals surface area contributed by atoms with Gasteiger partial charge < -0.3 is 0 Å². The molecule has 0 radical (unpaired) electrons. The second-order valence-corrected chi connectivity index (χ2v) is 4.63. The molecule has 0 aliphatic heterocycles. The molecule has 1 aromatic carbocycles. The van der Waals surface area contributed by atoms with Crippen molar-refractivity contribution in [2.45, 2.75) is 6.92 Å². The molecule has 1 nitrogen and oxygen atoms in total. The van der Waals surface area contributed by atoms with Crippen LogP contribution in [0.3, 0.4) is 0 Å². The summed E-state index contributed by atoms with van der Waals surface area (Å²) in [7, 11) is 0. The van der Waals surface area contributed by atoms with Crippen LogP contribution in [0, 0.1) is 0 Å². The first-order valence-corrected chi connectivity index (χ1v) is 5.77. The minimum absolute atomic E-state index is 0.756. The standard InChI is InChI=1S/C12H10ClNS/c1-3-4-10-12(14-2)9-6-5-8(13)7-11(9)15-10/h3-7H,2H2,1H3/b4-3-. The Morgan fingerprint density at radius 3 is 2.93 bits per heavy atom. The van der Waals surface area contributed by atoms with E-state index in [9.17, 15) is 0 Å². The molecule has 15 heavy (non-hydrogen) atoms. The van der Waals surface area contributed by atoms with Gasteiger partial charge >= 0.3 is 0 Å². The van der Waals surface area contributed by atoms with Crippen molar-refractivity contribution in [3.63, 3.8) is 0 Å². The zero-order valence-electron chi connectivity index (χ0n) is 8.33. The summed E-state index contributed by atoms with van der Waals surface area (Å²) < 4.78 is 1.15. The number of fused-ring (bicyclic) bond motifs is 1. The average molecular weight is 236 g/mol. The highest BCUT2D eigenvalue weighted by molar-refractivity contribution is 7.20. The Hall–Kier alpha value is -1.12. The molecular formula is C12H10ClNS. The number of hydrogen-bond acceptors (Lipinski definition) is 2. The first-order chi connectivity index (χ1) is 7.26. The zero-order valence-corrected chi connectivity index (χ0v) is 9.90. The van der Waals surface area contributed by atoms with E-state index >= 15 is 0 Å². The number of benzene rings is 1. The first kappa shape index (κ1) is 10.4. The molecule has 1 heterocycles. The Morgan fingerprint density at radius 2 is 2.27 bits per heavy atom. The molecule has 0 aliphatic carbocycles. The molecule has 0 spiro atoms. The van der Waals surface area contributed by atoms with Gasteiger partial charge in [-0.05, 0) is 37.9 Å². The van der Waals surface area contributed by atoms with Gasteiger partial charge in [0.05, 0.1) is 10.6 Å². The third-order valence-electron chi connectivity index (χ3n) is 2.13. The third kappa shape index (κ3) is 1.83. The lowest BCUT2D eigenvalue weighted by molar-refractivity contribution is 1.63. The van der Waals surface area contributed by atoms with Crippen molar-refractivity contribution in [2.24, 2.45) is 4.99 Å². The van der Waals surface area contributed by atoms with Gasteiger partial charge in [0.25, 0.3) is 0 Å². The SMILES string of the molecule is C=Nc1c(/C=C\C)sc2cc(Cl)ccc12. The van der Waals surface area contributed by atoms with E-state index in [-0.39, 0.29) is 0 Å². The smallest absolute Gasteiger partial charge is 0.0880 e. The van der Waals surface area contributed by atoms with Crippen LogP contribution in [0.4, 0.5) is 5.69 Å². The minimum atomic E-state index is 0.756. The number of hydrogen-bond donors (Lipinski definition) is 0. The van der Waals surface area contributed by atoms with Crippen LogP contribution in [0.25, 0.3) is 16.2 Å². The van der Waals surface area contributed by atoms with E-state index in [4.69, 9.17) is 11.6 Å². The predicted octanol–water partition coefficient (Wildman–Crippen LogP) is 4.92. The maximum atomic E-state index is 5.94. The van der Waals surface area contributed by atoms with E-state index in [0.29, 0.717) is 0 Å². The summed E-state index contributed by atoms with van der Waals surface area (Å²) in [5.74, 6) is 0. The Balaban J connectivity index is 2.78. The molecule has 0 fully saturated rings. The van der Waals surface area contributed by atoms with Crippen molar-refractivity contribution in [3.8, 4) is 0 Å². The van der Waals surface area contributed by atoms with Gasteiger partial charge in [0.2, 0.25) is 0 Å². The predicted molar refractivity (Wildman–Crippen MR) is 70.8 cm³/mol. The Labute approximate surface area is 97.7 Å². The molecule has 0 unspecified atom stereocenters. The van der Waals surface area contributed by atoms with E-state index < -0.39 is 0 Å². The Morgan fingerprint density at radius 1 is 1.47 bits per heavy atom. The highest BCUT2D eigenvalue weighted by Crippen LogP contribution is 2.39. The molecule has 2 aromatic rings. The Kier molecular flexibility index (Phi) is 2.89. The van der Waals surface area contributed by atoms with E-state index in [1.165, 1.54) is 0 Å². The molecule has 0 amide bonds. The van der Waals surface area contributed by atoms with Crippen molar-refractivity contribution in [1.82, 2.24) is 0 Å². The number of aliphatic imine (C=N–C) groups is 1. The van der Waals surface area contributed by atoms with Crippen LogP contribution in [-0.4, -0.2) is 6.72 Å². The van der Waals surface area contributed by atoms with E-state index in [2.05, 4.69) is 11.7 Å². The molecule has 1 aromatic heterocycles. The number of nitrogens with zero attached hydrogens (tertiary/aromatic N) is 1. The zero-order chi connectivity index (χ0) is 10.8. The second kappa shape index (κ2) is 4.17. The van der Waals surface area contributed by atoms with Crippen molar-refractivity contribution < 1.29 is 0 Å². The molecule has 0 aliphatic rings. The summed E-state index contributed by atoms with van der Waals surface area (Å²) in [6, 6.07) is 5.83. The average Bonchev–Trinajstić information content (AvgIpc) is 2.54. The van der Waals surface area contributed by atoms with Gasteiger partial charge in [-0.3, -0.25) is 4.99 Å². The van der Waals surface area contributed by atoms with E-state index in [1.807, 2.05) is 37.3 Å². The highest BCUT2D eigenvalue weighted by Gasteiger charge is 2.08. The highest BCUT2D eigenvalue weighted by atomic mass is 35.5. The number of rotatable bonds is 2. The fourth-order valence-corrected chi connectivity index (χ4v) is 2.91. The lowest BCUT2D eigenvalue weighted by atomic mass is 10.2. The van der Waals surface area contributed by atoms with Crippen LogP contribution < -0.4 is 0 Å². The normalized spacial score (nSPS) is 11.3. The summed E-state index contributed by atoms with van der Waals surface area (Å²) in [4.78, 5) is 5.20. The molecule has 0 N–H and O–H groups in total. The summed E-state index contributed by atoms with van der Waals surface area (Å²) in [5, 5.41) is 1.87. The van der Waals surface area contributed by atoms with Gasteiger partial charge in [0, 0.05) is 15.1 Å². The summed E-state index contributed by atoms with van der Waals surface area (Å²) in [6.45, 7) is 5.60. The number of allylic oxidation sites excluding steroid dienone is 1. The van der Waals surface area contributed by atoms with Gasteiger partial charge in [-0.1, -0.05) is 17.7 Å². The first-order valence-electron chi connectivity index (χ1n) is 4.57. The van der Waals surface area contributed by atoms with Crippen molar-refractivity contribution in [1.29, 1.82) is 0 Å². The lowest BCUT2D eigenvalue weighted by Crippen LogP contribution is -1.65. The Bertz CT molecular complexity index is 540. The minimum Gasteiger partial charge on any atom is -0.262 e. The monoisotopic (exact) mass is 235 g/mol. The molecule has 0 atom stereocenters. The van der Waals surface area contributed by atoms with Gasteiger partial charge in [-0.15, -0.1) is 11.3 Å². The van der Waals surface area contributed by atoms with Crippen LogP contribution in [-0.2, 0) is 0 Å². The fraction of sp³-hybridized carbons (Fsp3) is 0.0833. The van der Waals surface area contributed by atoms with Crippen LogP contribution in [0.2, 0.25) is 5.02 Å². The molecule has 0 saturated carbocycles. The van der Waals surface area contributed by atoms with Crippen LogP contribution >= 0.6 is 22.9 Å². The number of thiophene rings is 1. The summed E-state index contributed by atoms with van der Waals surface area (Å²) >= 11 is 7.63. The van der Waals surface area contributed by atoms with Gasteiger partial charge in [-0.2, -0.15) is 0 Å². The molecule has 0 saturated heterocycles. The van der Waals surface area contributed by atoms with Crippen molar-refractivity contribution >= 4 is 51.5 Å². The molecule has 2 rings (SSSR count). The molecule has 3 heteroatoms. The fourth-order valence-electron chi connectivity index (χ4n) is 1.50. The maximum Gasteiger partial charge on any atom is 0.0880 e. The number of halogens is 1. The third-order valence-corrected chi connectivity index (χ3v) is 3.47. The van der Waals surface area contributed by atoms with Gasteiger partial charge in [-0.25, -0.2) is 0 Å². The van der Waals surface area contributed by atoms with Crippen LogP contribution in [0.5, 0.6) is 0 Å². The van der Waals surface area contributed by atoms with Crippen molar-refractivity contribution in [3.05, 3.63) is 34.2 Å². The van der Waals surface area contributed by atoms with E-state index in [1.54, 1.807) is 11.3 Å². The molecular weight excluding hydrogens is 226 g/mol. The topological polar surface area (TPSA) is 12.4 Å². The second-order valence-electron chi connectivity index (χ2n) is 3.11. The quantitative estimate of drug-likeness (QED) is 0.655.